The highest BCUT2D eigenvalue weighted by Gasteiger charge is 2.34. The molecule has 1 atom stereocenters. The van der Waals surface area contributed by atoms with Gasteiger partial charge in [-0.1, -0.05) is 13.8 Å². The molecule has 0 bridgehead atoms. The van der Waals surface area contributed by atoms with Gasteiger partial charge in [0.15, 0.2) is 6.10 Å². The van der Waals surface area contributed by atoms with Crippen molar-refractivity contribution in [2.75, 3.05) is 38.3 Å². The highest BCUT2D eigenvalue weighted by molar-refractivity contribution is 7.09. The molecule has 1 aromatic carbocycles. The van der Waals surface area contributed by atoms with Crippen molar-refractivity contribution in [3.8, 4) is 17.0 Å². The molecule has 0 fully saturated rings. The number of rotatable bonds is 10. The Morgan fingerprint density at radius 1 is 1.29 bits per heavy atom. The Morgan fingerprint density at radius 3 is 2.71 bits per heavy atom. The summed E-state index contributed by atoms with van der Waals surface area (Å²) >= 11 is 1.59. The van der Waals surface area contributed by atoms with Crippen molar-refractivity contribution >= 4 is 28.8 Å². The van der Waals surface area contributed by atoms with Crippen molar-refractivity contribution in [1.82, 2.24) is 9.88 Å². The lowest BCUT2D eigenvalue weighted by molar-refractivity contribution is -0.133. The number of carbonyl (C=O) groups excluding carboxylic acids is 2. The topological polar surface area (TPSA) is 72.0 Å². The lowest BCUT2D eigenvalue weighted by Gasteiger charge is -2.34. The first kappa shape index (κ1) is 23.2. The van der Waals surface area contributed by atoms with Crippen LogP contribution in [0.1, 0.15) is 38.6 Å². The minimum Gasteiger partial charge on any atom is -0.479 e. The summed E-state index contributed by atoms with van der Waals surface area (Å²) in [5.74, 6) is 0.360. The van der Waals surface area contributed by atoms with Crippen molar-refractivity contribution in [3.63, 3.8) is 0 Å². The summed E-state index contributed by atoms with van der Waals surface area (Å²) in [6.45, 7) is 7.84. The quantitative estimate of drug-likeness (QED) is 0.557. The number of nitrogens with zero attached hydrogens (tertiary/aromatic N) is 3. The number of thiazole rings is 1. The normalized spacial score (nSPS) is 15.5. The monoisotopic (exact) mass is 445 g/mol. The third-order valence-electron chi connectivity index (χ3n) is 5.17. The van der Waals surface area contributed by atoms with E-state index in [9.17, 15) is 9.59 Å². The van der Waals surface area contributed by atoms with Crippen LogP contribution in [0.3, 0.4) is 0 Å². The molecule has 1 aliphatic rings. The highest BCUT2D eigenvalue weighted by atomic mass is 32.1. The number of carbonyl (C=O) groups is 2. The van der Waals surface area contributed by atoms with Gasteiger partial charge in [-0.2, -0.15) is 0 Å². The first-order valence-electron chi connectivity index (χ1n) is 10.8. The number of aromatic nitrogens is 1. The molecule has 1 aromatic heterocycles. The molecule has 2 aromatic rings. The van der Waals surface area contributed by atoms with Gasteiger partial charge in [0.25, 0.3) is 5.91 Å². The minimum absolute atomic E-state index is 0.0130. The summed E-state index contributed by atoms with van der Waals surface area (Å²) in [7, 11) is 1.67. The Morgan fingerprint density at radius 2 is 2.03 bits per heavy atom. The van der Waals surface area contributed by atoms with Crippen LogP contribution in [0.25, 0.3) is 11.3 Å². The standard InChI is InChI=1S/C23H31N3O4S/c1-5-10-25(11-6-2)22(27)14-26-19-13-17(7-8-20(19)30-16(3)23(26)28)18-15-31-21(24-18)9-12-29-4/h7-8,13,15-16H,5-6,9-12,14H2,1-4H3. The molecule has 0 aliphatic carbocycles. The smallest absolute Gasteiger partial charge is 0.268 e. The van der Waals surface area contributed by atoms with Gasteiger partial charge in [-0.15, -0.1) is 11.3 Å². The summed E-state index contributed by atoms with van der Waals surface area (Å²) in [6, 6.07) is 5.69. The Labute approximate surface area is 188 Å². The van der Waals surface area contributed by atoms with Crippen molar-refractivity contribution in [1.29, 1.82) is 0 Å². The van der Waals surface area contributed by atoms with Crippen LogP contribution in [-0.4, -0.2) is 61.2 Å². The fraction of sp³-hybridized carbons (Fsp3) is 0.522. The second kappa shape index (κ2) is 10.7. The summed E-state index contributed by atoms with van der Waals surface area (Å²) in [6.07, 6.45) is 1.90. The maximum absolute atomic E-state index is 13.0. The van der Waals surface area contributed by atoms with E-state index in [0.29, 0.717) is 31.1 Å². The fourth-order valence-electron chi connectivity index (χ4n) is 3.61. The molecule has 0 saturated heterocycles. The molecule has 8 heteroatoms. The van der Waals surface area contributed by atoms with Gasteiger partial charge in [0.05, 0.1) is 23.0 Å². The Kier molecular flexibility index (Phi) is 8.03. The average molecular weight is 446 g/mol. The van der Waals surface area contributed by atoms with Crippen LogP contribution in [0.5, 0.6) is 5.75 Å². The summed E-state index contributed by atoms with van der Waals surface area (Å²) < 4.78 is 10.9. The van der Waals surface area contributed by atoms with Crippen LogP contribution in [0, 0.1) is 0 Å². The molecule has 1 aliphatic heterocycles. The average Bonchev–Trinajstić information content (AvgIpc) is 3.24. The van der Waals surface area contributed by atoms with E-state index in [2.05, 4.69) is 4.98 Å². The lowest BCUT2D eigenvalue weighted by atomic mass is 10.1. The molecule has 7 nitrogen and oxygen atoms in total. The van der Waals surface area contributed by atoms with E-state index in [0.717, 1.165) is 35.5 Å². The fourth-order valence-corrected chi connectivity index (χ4v) is 4.40. The van der Waals surface area contributed by atoms with E-state index < -0.39 is 6.10 Å². The summed E-state index contributed by atoms with van der Waals surface area (Å²) in [4.78, 5) is 34.0. The van der Waals surface area contributed by atoms with Gasteiger partial charge < -0.3 is 14.4 Å². The predicted molar refractivity (Wildman–Crippen MR) is 123 cm³/mol. The summed E-state index contributed by atoms with van der Waals surface area (Å²) in [5, 5.41) is 3.00. The van der Waals surface area contributed by atoms with Crippen LogP contribution >= 0.6 is 11.3 Å². The number of anilines is 1. The highest BCUT2D eigenvalue weighted by Crippen LogP contribution is 2.37. The number of hydrogen-bond donors (Lipinski definition) is 0. The van der Waals surface area contributed by atoms with Crippen molar-refractivity contribution in [2.24, 2.45) is 0 Å². The van der Waals surface area contributed by atoms with Crippen LogP contribution in [-0.2, 0) is 20.7 Å². The summed E-state index contributed by atoms with van der Waals surface area (Å²) in [5.41, 5.74) is 2.35. The minimum atomic E-state index is -0.628. The first-order valence-corrected chi connectivity index (χ1v) is 11.7. The number of benzene rings is 1. The third-order valence-corrected chi connectivity index (χ3v) is 6.08. The van der Waals surface area contributed by atoms with E-state index in [1.807, 2.05) is 42.3 Å². The van der Waals surface area contributed by atoms with Gasteiger partial charge in [0.2, 0.25) is 5.91 Å². The Bertz CT molecular complexity index is 908. The van der Waals surface area contributed by atoms with E-state index in [1.54, 1.807) is 30.3 Å². The van der Waals surface area contributed by atoms with Gasteiger partial charge in [0, 0.05) is 37.6 Å². The van der Waals surface area contributed by atoms with Crippen LogP contribution in [0.2, 0.25) is 0 Å². The number of amides is 2. The van der Waals surface area contributed by atoms with Gasteiger partial charge in [-0.05, 0) is 38.0 Å². The SMILES string of the molecule is CCCN(CCC)C(=O)CN1C(=O)C(C)Oc2ccc(-c3csc(CCOC)n3)cc21. The lowest BCUT2D eigenvalue weighted by Crippen LogP contribution is -2.49. The zero-order valence-electron chi connectivity index (χ0n) is 18.7. The molecule has 168 valence electrons. The molecule has 0 spiro atoms. The maximum atomic E-state index is 13.0. The zero-order chi connectivity index (χ0) is 22.4. The largest absolute Gasteiger partial charge is 0.479 e. The van der Waals surface area contributed by atoms with E-state index in [4.69, 9.17) is 9.47 Å². The molecule has 3 rings (SSSR count). The number of ether oxygens (including phenoxy) is 2. The van der Waals surface area contributed by atoms with Gasteiger partial charge >= 0.3 is 0 Å². The molecule has 0 N–H and O–H groups in total. The molecule has 31 heavy (non-hydrogen) atoms. The second-order valence-corrected chi connectivity index (χ2v) is 8.56. The molecular formula is C23H31N3O4S. The zero-order valence-corrected chi connectivity index (χ0v) is 19.5. The van der Waals surface area contributed by atoms with E-state index in [-0.39, 0.29) is 18.4 Å². The first-order chi connectivity index (χ1) is 15.0. The molecule has 1 unspecified atom stereocenters. The molecule has 0 saturated carbocycles. The van der Waals surface area contributed by atoms with Gasteiger partial charge in [0.1, 0.15) is 12.3 Å². The van der Waals surface area contributed by atoms with Gasteiger partial charge in [-0.3, -0.25) is 14.5 Å². The van der Waals surface area contributed by atoms with Crippen LogP contribution in [0.15, 0.2) is 23.6 Å². The molecule has 0 radical (unpaired) electrons. The van der Waals surface area contributed by atoms with Gasteiger partial charge in [-0.25, -0.2) is 4.98 Å². The second-order valence-electron chi connectivity index (χ2n) is 7.62. The molecule has 2 amide bonds. The number of fused-ring (bicyclic) bond motifs is 1. The predicted octanol–water partition coefficient (Wildman–Crippen LogP) is 3.76. The third kappa shape index (κ3) is 5.43. The number of hydrogen-bond acceptors (Lipinski definition) is 6. The Balaban J connectivity index is 1.88. The van der Waals surface area contributed by atoms with E-state index in [1.165, 1.54) is 0 Å². The van der Waals surface area contributed by atoms with Crippen molar-refractivity contribution in [3.05, 3.63) is 28.6 Å². The number of methoxy groups -OCH3 is 1. The molecule has 2 heterocycles. The van der Waals surface area contributed by atoms with E-state index >= 15 is 0 Å². The molecular weight excluding hydrogens is 414 g/mol. The van der Waals surface area contributed by atoms with Crippen LogP contribution in [0.4, 0.5) is 5.69 Å². The Hall–Kier alpha value is -2.45. The maximum Gasteiger partial charge on any atom is 0.268 e. The van der Waals surface area contributed by atoms with Crippen LogP contribution < -0.4 is 9.64 Å². The van der Waals surface area contributed by atoms with Crippen molar-refractivity contribution in [2.45, 2.75) is 46.1 Å². The van der Waals surface area contributed by atoms with Crippen molar-refractivity contribution < 1.29 is 19.1 Å².